The molecule has 0 bridgehead atoms. The molecule has 0 atom stereocenters. The Bertz CT molecular complexity index is 1100. The number of nitrogens with zero attached hydrogens (tertiary/aromatic N) is 1. The number of rotatable bonds is 9. The Balaban J connectivity index is 1.78. The number of anilines is 3. The Morgan fingerprint density at radius 2 is 1.78 bits per heavy atom. The lowest BCUT2D eigenvalue weighted by molar-refractivity contribution is 0.102. The van der Waals surface area contributed by atoms with Crippen LogP contribution < -0.4 is 15.4 Å². The SMILES string of the molecule is CCCCOc1ccc(NC(=O)c2cnc(Nc3ccc(F)cc3)c(C(C)=N)c2Cl)cc1. The zero-order chi connectivity index (χ0) is 23.1. The van der Waals surface area contributed by atoms with Crippen molar-refractivity contribution in [2.45, 2.75) is 26.7 Å². The van der Waals surface area contributed by atoms with E-state index in [-0.39, 0.29) is 22.1 Å². The van der Waals surface area contributed by atoms with Crippen LogP contribution in [0.1, 0.15) is 42.6 Å². The summed E-state index contributed by atoms with van der Waals surface area (Å²) in [7, 11) is 0. The molecule has 0 radical (unpaired) electrons. The second-order valence-electron chi connectivity index (χ2n) is 7.15. The van der Waals surface area contributed by atoms with Crippen molar-refractivity contribution in [1.82, 2.24) is 4.98 Å². The molecule has 0 fully saturated rings. The molecule has 3 rings (SSSR count). The maximum atomic E-state index is 13.2. The number of aromatic nitrogens is 1. The molecule has 166 valence electrons. The monoisotopic (exact) mass is 454 g/mol. The van der Waals surface area contributed by atoms with Gasteiger partial charge in [0.25, 0.3) is 5.91 Å². The molecule has 3 N–H and O–H groups in total. The first-order valence-corrected chi connectivity index (χ1v) is 10.6. The van der Waals surface area contributed by atoms with Crippen molar-refractivity contribution in [3.8, 4) is 5.75 Å². The van der Waals surface area contributed by atoms with Crippen molar-refractivity contribution in [2.24, 2.45) is 0 Å². The van der Waals surface area contributed by atoms with E-state index in [2.05, 4.69) is 22.5 Å². The van der Waals surface area contributed by atoms with Crippen LogP contribution in [0.5, 0.6) is 5.75 Å². The first kappa shape index (κ1) is 23.2. The number of unbranched alkanes of at least 4 members (excludes halogenated alkanes) is 1. The number of carbonyl (C=O) groups is 1. The summed E-state index contributed by atoms with van der Waals surface area (Å²) in [5, 5.41) is 14.0. The molecule has 0 aliphatic heterocycles. The fourth-order valence-electron chi connectivity index (χ4n) is 2.92. The number of hydrogen-bond acceptors (Lipinski definition) is 5. The van der Waals surface area contributed by atoms with Gasteiger partial charge in [0.05, 0.1) is 22.8 Å². The lowest BCUT2D eigenvalue weighted by atomic mass is 10.1. The van der Waals surface area contributed by atoms with Gasteiger partial charge in [-0.05, 0) is 61.9 Å². The molecule has 1 heterocycles. The van der Waals surface area contributed by atoms with Crippen LogP contribution in [0.3, 0.4) is 0 Å². The molecule has 2 aromatic carbocycles. The zero-order valence-corrected chi connectivity index (χ0v) is 18.6. The Labute approximate surface area is 191 Å². The predicted octanol–water partition coefficient (Wildman–Crippen LogP) is 6.44. The van der Waals surface area contributed by atoms with E-state index in [1.807, 2.05) is 0 Å². The third-order valence-electron chi connectivity index (χ3n) is 4.62. The molecular formula is C24H24ClFN4O2. The van der Waals surface area contributed by atoms with Gasteiger partial charge < -0.3 is 20.8 Å². The first-order valence-electron chi connectivity index (χ1n) is 10.2. The second kappa shape index (κ2) is 10.7. The molecule has 0 aliphatic carbocycles. The average molecular weight is 455 g/mol. The normalized spacial score (nSPS) is 10.5. The molecule has 0 unspecified atom stereocenters. The fourth-order valence-corrected chi connectivity index (χ4v) is 3.29. The minimum atomic E-state index is -0.446. The van der Waals surface area contributed by atoms with Crippen LogP contribution in [0, 0.1) is 11.2 Å². The van der Waals surface area contributed by atoms with E-state index in [0.29, 0.717) is 29.4 Å². The maximum absolute atomic E-state index is 13.2. The van der Waals surface area contributed by atoms with Crippen LogP contribution in [0.25, 0.3) is 0 Å². The van der Waals surface area contributed by atoms with Crippen LogP contribution in [0.2, 0.25) is 5.02 Å². The lowest BCUT2D eigenvalue weighted by Crippen LogP contribution is -2.15. The van der Waals surface area contributed by atoms with Gasteiger partial charge in [-0.15, -0.1) is 0 Å². The van der Waals surface area contributed by atoms with E-state index in [1.54, 1.807) is 43.3 Å². The summed E-state index contributed by atoms with van der Waals surface area (Å²) in [5.41, 5.74) is 1.73. The van der Waals surface area contributed by atoms with E-state index in [0.717, 1.165) is 18.6 Å². The number of benzene rings is 2. The van der Waals surface area contributed by atoms with Gasteiger partial charge in [-0.3, -0.25) is 4.79 Å². The number of ether oxygens (including phenoxy) is 1. The summed E-state index contributed by atoms with van der Waals surface area (Å²) >= 11 is 6.50. The van der Waals surface area contributed by atoms with Crippen LogP contribution in [0.4, 0.5) is 21.6 Å². The van der Waals surface area contributed by atoms with E-state index in [9.17, 15) is 9.18 Å². The van der Waals surface area contributed by atoms with Gasteiger partial charge in [-0.1, -0.05) is 24.9 Å². The Hall–Kier alpha value is -3.45. The van der Waals surface area contributed by atoms with Gasteiger partial charge in [-0.2, -0.15) is 0 Å². The Morgan fingerprint density at radius 3 is 2.41 bits per heavy atom. The standard InChI is InChI=1S/C24H24ClFN4O2/c1-3-4-13-32-19-11-9-18(10-12-19)30-24(31)20-14-28-23(21(15(2)27)22(20)25)29-17-7-5-16(26)6-8-17/h5-12,14,27H,3-4,13H2,1-2H3,(H,28,29)(H,30,31). The molecule has 0 aliphatic rings. The van der Waals surface area contributed by atoms with E-state index in [1.165, 1.54) is 18.3 Å². The van der Waals surface area contributed by atoms with Crippen molar-refractivity contribution < 1.29 is 13.9 Å². The van der Waals surface area contributed by atoms with Gasteiger partial charge in [0, 0.05) is 23.3 Å². The molecule has 0 saturated carbocycles. The topological polar surface area (TPSA) is 87.1 Å². The molecule has 1 amide bonds. The first-order chi connectivity index (χ1) is 15.4. The third-order valence-corrected chi connectivity index (χ3v) is 5.01. The number of halogens is 2. The molecule has 6 nitrogen and oxygen atoms in total. The molecule has 32 heavy (non-hydrogen) atoms. The summed E-state index contributed by atoms with van der Waals surface area (Å²) < 4.78 is 18.8. The third kappa shape index (κ3) is 5.82. The van der Waals surface area contributed by atoms with E-state index < -0.39 is 5.91 Å². The molecule has 1 aromatic heterocycles. The van der Waals surface area contributed by atoms with E-state index >= 15 is 0 Å². The summed E-state index contributed by atoms with van der Waals surface area (Å²) in [6.45, 7) is 4.30. The van der Waals surface area contributed by atoms with Crippen molar-refractivity contribution >= 4 is 40.4 Å². The zero-order valence-electron chi connectivity index (χ0n) is 17.8. The van der Waals surface area contributed by atoms with Crippen LogP contribution in [-0.2, 0) is 0 Å². The molecule has 0 saturated heterocycles. The highest BCUT2D eigenvalue weighted by Gasteiger charge is 2.20. The molecule has 8 heteroatoms. The van der Waals surface area contributed by atoms with Gasteiger partial charge in [0.1, 0.15) is 17.4 Å². The predicted molar refractivity (Wildman–Crippen MR) is 126 cm³/mol. The van der Waals surface area contributed by atoms with Gasteiger partial charge in [-0.25, -0.2) is 9.37 Å². The number of hydrogen-bond donors (Lipinski definition) is 3. The smallest absolute Gasteiger partial charge is 0.258 e. The average Bonchev–Trinajstić information content (AvgIpc) is 2.76. The van der Waals surface area contributed by atoms with Crippen LogP contribution in [-0.4, -0.2) is 23.2 Å². The Morgan fingerprint density at radius 1 is 1.12 bits per heavy atom. The van der Waals surface area contributed by atoms with Crippen LogP contribution >= 0.6 is 11.6 Å². The van der Waals surface area contributed by atoms with Gasteiger partial charge >= 0.3 is 0 Å². The van der Waals surface area contributed by atoms with Gasteiger partial charge in [0.2, 0.25) is 0 Å². The summed E-state index contributed by atoms with van der Waals surface area (Å²) in [6.07, 6.45) is 3.38. The minimum absolute atomic E-state index is 0.106. The fraction of sp³-hybridized carbons (Fsp3) is 0.208. The maximum Gasteiger partial charge on any atom is 0.258 e. The van der Waals surface area contributed by atoms with E-state index in [4.69, 9.17) is 21.7 Å². The van der Waals surface area contributed by atoms with Gasteiger partial charge in [0.15, 0.2) is 0 Å². The highest BCUT2D eigenvalue weighted by molar-refractivity contribution is 6.38. The highest BCUT2D eigenvalue weighted by atomic mass is 35.5. The molecule has 3 aromatic rings. The highest BCUT2D eigenvalue weighted by Crippen LogP contribution is 2.29. The number of pyridine rings is 1. The lowest BCUT2D eigenvalue weighted by Gasteiger charge is -2.15. The summed E-state index contributed by atoms with van der Waals surface area (Å²) in [5.74, 6) is 0.226. The Kier molecular flexibility index (Phi) is 7.78. The largest absolute Gasteiger partial charge is 0.494 e. The quantitative estimate of drug-likeness (QED) is 0.256. The van der Waals surface area contributed by atoms with Crippen LogP contribution in [0.15, 0.2) is 54.7 Å². The molecule has 0 spiro atoms. The van der Waals surface area contributed by atoms with Crippen molar-refractivity contribution in [1.29, 1.82) is 5.41 Å². The summed E-state index contributed by atoms with van der Waals surface area (Å²) in [4.78, 5) is 17.1. The van der Waals surface area contributed by atoms with Crippen molar-refractivity contribution in [2.75, 3.05) is 17.2 Å². The minimum Gasteiger partial charge on any atom is -0.494 e. The number of carbonyl (C=O) groups excluding carboxylic acids is 1. The van der Waals surface area contributed by atoms with Crippen molar-refractivity contribution in [3.63, 3.8) is 0 Å². The molecular weight excluding hydrogens is 431 g/mol. The van der Waals surface area contributed by atoms with Crippen molar-refractivity contribution in [3.05, 3.63) is 76.7 Å². The number of amides is 1. The number of nitrogens with one attached hydrogen (secondary N) is 3. The second-order valence-corrected chi connectivity index (χ2v) is 7.52. The summed E-state index contributed by atoms with van der Waals surface area (Å²) in [6, 6.07) is 12.8.